The third kappa shape index (κ3) is 4.85. The Morgan fingerprint density at radius 2 is 0.963 bits per heavy atom. The minimum absolute atomic E-state index is 0.328. The fraction of sp³-hybridized carbons (Fsp3) is 0. The van der Waals surface area contributed by atoms with Crippen LogP contribution in [0.4, 0.5) is 5.69 Å². The molecule has 54 heavy (non-hydrogen) atoms. The van der Waals surface area contributed by atoms with Crippen LogP contribution in [-0.2, 0) is 0 Å². The zero-order valence-electron chi connectivity index (χ0n) is 28.7. The first-order chi connectivity index (χ1) is 26.7. The largest absolute Gasteiger partial charge is 0.309 e. The number of nitrogens with zero attached hydrogens (tertiary/aromatic N) is 7. The molecule has 0 N–H and O–H groups in total. The monoisotopic (exact) mass is 689 g/mol. The Morgan fingerprint density at radius 3 is 1.52 bits per heavy atom. The second-order valence-electron chi connectivity index (χ2n) is 13.1. The number of rotatable bonds is 5. The number of fused-ring (bicyclic) bond motifs is 6. The van der Waals surface area contributed by atoms with Crippen molar-refractivity contribution in [3.8, 4) is 51.6 Å². The molecule has 0 aliphatic rings. The lowest BCUT2D eigenvalue weighted by Gasteiger charge is -2.14. The van der Waals surface area contributed by atoms with Gasteiger partial charge in [0.15, 0.2) is 23.2 Å². The average Bonchev–Trinajstić information content (AvgIpc) is 3.75. The van der Waals surface area contributed by atoms with Crippen LogP contribution in [0.5, 0.6) is 0 Å². The number of aromatic nitrogens is 5. The number of para-hydroxylation sites is 3. The Hall–Kier alpha value is -7.87. The summed E-state index contributed by atoms with van der Waals surface area (Å²) in [4.78, 5) is 18.6. The van der Waals surface area contributed by atoms with Crippen molar-refractivity contribution < 1.29 is 0 Å². The predicted octanol–water partition coefficient (Wildman–Crippen LogP) is 11.5. The van der Waals surface area contributed by atoms with E-state index < -0.39 is 0 Å². The van der Waals surface area contributed by atoms with E-state index in [-0.39, 0.29) is 0 Å². The van der Waals surface area contributed by atoms with Crippen LogP contribution in [0.2, 0.25) is 0 Å². The Balaban J connectivity index is 1.24. The lowest BCUT2D eigenvalue weighted by atomic mass is 10.0. The second kappa shape index (κ2) is 12.4. The van der Waals surface area contributed by atoms with Crippen molar-refractivity contribution in [3.05, 3.63) is 181 Å². The maximum atomic E-state index is 10.8. The SMILES string of the molecule is [C-]#[N+]c1cc(-n2c3ccccc3c3cc4c(cc32)c2ccccc2n4-c2ccccc2)c(C#N)cc1-c1nc(-c2ccccc2)nc(-c2ccccc2)n1. The first kappa shape index (κ1) is 30.9. The van der Waals surface area contributed by atoms with E-state index in [4.69, 9.17) is 21.5 Å². The maximum absolute atomic E-state index is 10.8. The molecule has 0 saturated carbocycles. The van der Waals surface area contributed by atoms with Crippen LogP contribution in [0, 0.1) is 17.9 Å². The molecule has 10 aromatic rings. The summed E-state index contributed by atoms with van der Waals surface area (Å²) in [6.45, 7) is 8.39. The highest BCUT2D eigenvalue weighted by Gasteiger charge is 2.22. The Kier molecular flexibility index (Phi) is 7.11. The van der Waals surface area contributed by atoms with Gasteiger partial charge in [-0.15, -0.1) is 0 Å². The molecule has 7 aromatic carbocycles. The fourth-order valence-electron chi connectivity index (χ4n) is 7.60. The van der Waals surface area contributed by atoms with Gasteiger partial charge in [-0.2, -0.15) is 5.26 Å². The molecule has 0 spiro atoms. The third-order valence-electron chi connectivity index (χ3n) is 10.0. The molecular weight excluding hydrogens is 663 g/mol. The number of benzene rings is 7. The second-order valence-corrected chi connectivity index (χ2v) is 13.1. The predicted molar refractivity (Wildman–Crippen MR) is 216 cm³/mol. The summed E-state index contributed by atoms with van der Waals surface area (Å²) in [6, 6.07) is 57.0. The highest BCUT2D eigenvalue weighted by Crippen LogP contribution is 2.42. The van der Waals surface area contributed by atoms with Gasteiger partial charge >= 0.3 is 0 Å². The minimum atomic E-state index is 0.328. The molecule has 250 valence electrons. The van der Waals surface area contributed by atoms with E-state index in [2.05, 4.69) is 92.8 Å². The number of hydrogen-bond donors (Lipinski definition) is 0. The molecule has 3 heterocycles. The Morgan fingerprint density at radius 1 is 0.481 bits per heavy atom. The van der Waals surface area contributed by atoms with Gasteiger partial charge in [0.25, 0.3) is 0 Å². The van der Waals surface area contributed by atoms with Crippen molar-refractivity contribution in [1.29, 1.82) is 5.26 Å². The Bertz CT molecular complexity index is 3110. The molecule has 0 radical (unpaired) electrons. The summed E-state index contributed by atoms with van der Waals surface area (Å²) in [7, 11) is 0. The van der Waals surface area contributed by atoms with E-state index in [1.165, 1.54) is 0 Å². The first-order valence-electron chi connectivity index (χ1n) is 17.6. The van der Waals surface area contributed by atoms with Gasteiger partial charge in [0.05, 0.1) is 39.9 Å². The molecule has 0 amide bonds. The molecule has 0 bridgehead atoms. The molecule has 10 rings (SSSR count). The summed E-state index contributed by atoms with van der Waals surface area (Å²) in [5.41, 5.74) is 8.63. The summed E-state index contributed by atoms with van der Waals surface area (Å²) in [5.74, 6) is 1.30. The van der Waals surface area contributed by atoms with Crippen LogP contribution >= 0.6 is 0 Å². The van der Waals surface area contributed by atoms with Crippen LogP contribution < -0.4 is 0 Å². The first-order valence-corrected chi connectivity index (χ1v) is 17.6. The van der Waals surface area contributed by atoms with Crippen molar-refractivity contribution in [3.63, 3.8) is 0 Å². The fourth-order valence-corrected chi connectivity index (χ4v) is 7.60. The van der Waals surface area contributed by atoms with E-state index in [1.54, 1.807) is 12.1 Å². The highest BCUT2D eigenvalue weighted by atomic mass is 15.0. The molecular formula is C47H27N7. The molecule has 7 nitrogen and oxygen atoms in total. The molecule has 0 aliphatic heterocycles. The lowest BCUT2D eigenvalue weighted by molar-refractivity contribution is 1.07. The molecule has 7 heteroatoms. The Labute approximate surface area is 310 Å². The van der Waals surface area contributed by atoms with Gasteiger partial charge in [-0.1, -0.05) is 115 Å². The van der Waals surface area contributed by atoms with Gasteiger partial charge < -0.3 is 9.13 Å². The van der Waals surface area contributed by atoms with Crippen molar-refractivity contribution in [2.75, 3.05) is 0 Å². The number of hydrogen-bond acceptors (Lipinski definition) is 4. The van der Waals surface area contributed by atoms with E-state index >= 15 is 0 Å². The van der Waals surface area contributed by atoms with E-state index in [0.717, 1.165) is 60.4 Å². The standard InChI is InChI=1S/C47H27N7/c1-49-39-28-42(32(29-48)25-38(39)47-51-45(30-15-5-2-6-16-30)50-46(52-47)31-17-7-3-8-18-31)54-41-24-14-12-22-35(41)37-26-43-36(27-44(37)54)34-21-11-13-23-40(34)53(43)33-19-9-4-10-20-33/h2-28H. The lowest BCUT2D eigenvalue weighted by Crippen LogP contribution is -2.02. The van der Waals surface area contributed by atoms with Gasteiger partial charge in [0.1, 0.15) is 6.07 Å². The summed E-state index contributed by atoms with van der Waals surface area (Å²) in [6.07, 6.45) is 0. The van der Waals surface area contributed by atoms with Gasteiger partial charge in [0.2, 0.25) is 0 Å². The molecule has 0 aliphatic carbocycles. The average molecular weight is 690 g/mol. The van der Waals surface area contributed by atoms with Gasteiger partial charge in [0, 0.05) is 43.9 Å². The molecule has 0 atom stereocenters. The highest BCUT2D eigenvalue weighted by molar-refractivity contribution is 6.19. The van der Waals surface area contributed by atoms with Crippen LogP contribution in [0.25, 0.3) is 94.0 Å². The molecule has 3 aromatic heterocycles. The minimum Gasteiger partial charge on any atom is -0.309 e. The zero-order chi connectivity index (χ0) is 36.2. The normalized spacial score (nSPS) is 11.3. The molecule has 0 saturated heterocycles. The van der Waals surface area contributed by atoms with Crippen molar-refractivity contribution >= 4 is 49.3 Å². The van der Waals surface area contributed by atoms with E-state index in [9.17, 15) is 5.26 Å². The summed E-state index contributed by atoms with van der Waals surface area (Å²) >= 11 is 0. The van der Waals surface area contributed by atoms with Crippen LogP contribution in [0.1, 0.15) is 5.56 Å². The van der Waals surface area contributed by atoms with Gasteiger partial charge in [-0.05, 0) is 48.5 Å². The molecule has 0 fully saturated rings. The quantitative estimate of drug-likeness (QED) is 0.169. The molecule has 0 unspecified atom stereocenters. The summed E-state index contributed by atoms with van der Waals surface area (Å²) in [5, 5.41) is 15.1. The zero-order valence-corrected chi connectivity index (χ0v) is 28.7. The third-order valence-corrected chi connectivity index (χ3v) is 10.0. The van der Waals surface area contributed by atoms with E-state index in [1.807, 2.05) is 78.9 Å². The van der Waals surface area contributed by atoms with Crippen molar-refractivity contribution in [2.24, 2.45) is 0 Å². The van der Waals surface area contributed by atoms with Crippen LogP contribution in [0.3, 0.4) is 0 Å². The van der Waals surface area contributed by atoms with Gasteiger partial charge in [-0.25, -0.2) is 19.8 Å². The number of nitriles is 1. The smallest absolute Gasteiger partial charge is 0.200 e. The van der Waals surface area contributed by atoms with E-state index in [0.29, 0.717) is 40.0 Å². The topological polar surface area (TPSA) is 76.7 Å². The van der Waals surface area contributed by atoms with Crippen molar-refractivity contribution in [2.45, 2.75) is 0 Å². The van der Waals surface area contributed by atoms with Crippen LogP contribution in [-0.4, -0.2) is 24.1 Å². The maximum Gasteiger partial charge on any atom is 0.200 e. The summed E-state index contributed by atoms with van der Waals surface area (Å²) < 4.78 is 4.43. The van der Waals surface area contributed by atoms with Crippen molar-refractivity contribution in [1.82, 2.24) is 24.1 Å². The van der Waals surface area contributed by atoms with Gasteiger partial charge in [-0.3, -0.25) is 0 Å². The van der Waals surface area contributed by atoms with Crippen LogP contribution in [0.15, 0.2) is 164 Å².